The van der Waals surface area contributed by atoms with E-state index in [1.807, 2.05) is 63.2 Å². The molecule has 0 bridgehead atoms. The largest absolute Gasteiger partial charge is 0.445 e. The molecule has 2 aromatic rings. The Bertz CT molecular complexity index is 888. The lowest BCUT2D eigenvalue weighted by Crippen LogP contribution is -2.36. The Labute approximate surface area is 212 Å². The zero-order chi connectivity index (χ0) is 25.5. The number of benzene rings is 2. The highest BCUT2D eigenvalue weighted by Crippen LogP contribution is 2.20. The molecule has 2 aromatic carbocycles. The minimum absolute atomic E-state index is 0.221. The molecule has 8 nitrogen and oxygen atoms in total. The van der Waals surface area contributed by atoms with Gasteiger partial charge < -0.3 is 30.2 Å². The van der Waals surface area contributed by atoms with Crippen LogP contribution in [0.15, 0.2) is 54.6 Å². The monoisotopic (exact) mass is 505 g/mol. The standard InChI is InChI=1S/C26H36ClN3O5/c1-26(2,3)35-25(32)30-23(21-9-11-22(27)12-10-21)13-14-28-15-17-33-18-16-29-24(31)34-19-20-7-5-4-6-8-20/h4-12,23,28H,13-19H2,1-3H3,(H,29,31)(H,30,32)/t23-/m0/s1. The van der Waals surface area contributed by atoms with E-state index in [1.165, 1.54) is 0 Å². The number of alkyl carbamates (subject to hydrolysis) is 2. The molecule has 1 atom stereocenters. The van der Waals surface area contributed by atoms with E-state index >= 15 is 0 Å². The van der Waals surface area contributed by atoms with Crippen molar-refractivity contribution in [2.24, 2.45) is 0 Å². The first-order valence-electron chi connectivity index (χ1n) is 11.7. The number of hydrogen-bond acceptors (Lipinski definition) is 6. The maximum absolute atomic E-state index is 12.3. The minimum atomic E-state index is -0.572. The molecule has 0 heterocycles. The van der Waals surface area contributed by atoms with Crippen molar-refractivity contribution >= 4 is 23.8 Å². The van der Waals surface area contributed by atoms with E-state index in [2.05, 4.69) is 16.0 Å². The Hall–Kier alpha value is -2.81. The van der Waals surface area contributed by atoms with E-state index in [9.17, 15) is 9.59 Å². The van der Waals surface area contributed by atoms with Crippen molar-refractivity contribution in [1.29, 1.82) is 0 Å². The molecule has 0 saturated carbocycles. The maximum Gasteiger partial charge on any atom is 0.408 e. The molecule has 9 heteroatoms. The molecular weight excluding hydrogens is 470 g/mol. The van der Waals surface area contributed by atoms with Crippen molar-refractivity contribution in [3.8, 4) is 0 Å². The van der Waals surface area contributed by atoms with Gasteiger partial charge in [-0.3, -0.25) is 0 Å². The number of rotatable bonds is 13. The minimum Gasteiger partial charge on any atom is -0.445 e. The second-order valence-electron chi connectivity index (χ2n) is 8.89. The summed E-state index contributed by atoms with van der Waals surface area (Å²) in [5.41, 5.74) is 1.31. The number of hydrogen-bond donors (Lipinski definition) is 3. The van der Waals surface area contributed by atoms with Crippen LogP contribution in [0.2, 0.25) is 5.02 Å². The fourth-order valence-electron chi connectivity index (χ4n) is 3.08. The van der Waals surface area contributed by atoms with Gasteiger partial charge in [0.05, 0.1) is 19.3 Å². The molecule has 2 rings (SSSR count). The molecule has 2 amide bonds. The summed E-state index contributed by atoms with van der Waals surface area (Å²) in [5, 5.41) is 9.53. The third kappa shape index (κ3) is 13.0. The van der Waals surface area contributed by atoms with Gasteiger partial charge in [-0.15, -0.1) is 0 Å². The maximum atomic E-state index is 12.3. The molecule has 0 aromatic heterocycles. The lowest BCUT2D eigenvalue weighted by molar-refractivity contribution is 0.0500. The molecule has 192 valence electrons. The zero-order valence-corrected chi connectivity index (χ0v) is 21.4. The summed E-state index contributed by atoms with van der Waals surface area (Å²) < 4.78 is 16.1. The smallest absolute Gasteiger partial charge is 0.408 e. The topological polar surface area (TPSA) is 97.9 Å². The molecule has 0 unspecified atom stereocenters. The van der Waals surface area contributed by atoms with Gasteiger partial charge >= 0.3 is 12.2 Å². The summed E-state index contributed by atoms with van der Waals surface area (Å²) in [4.78, 5) is 24.0. The summed E-state index contributed by atoms with van der Waals surface area (Å²) in [7, 11) is 0. The molecular formula is C26H36ClN3O5. The van der Waals surface area contributed by atoms with Gasteiger partial charge in [-0.2, -0.15) is 0 Å². The highest BCUT2D eigenvalue weighted by atomic mass is 35.5. The van der Waals surface area contributed by atoms with Gasteiger partial charge in [-0.05, 0) is 57.0 Å². The SMILES string of the molecule is CC(C)(C)OC(=O)N[C@@H](CCNCCOCCNC(=O)OCc1ccccc1)c1ccc(Cl)cc1. The lowest BCUT2D eigenvalue weighted by atomic mass is 10.0. The molecule has 0 aliphatic rings. The quantitative estimate of drug-likeness (QED) is 0.337. The van der Waals surface area contributed by atoms with Crippen LogP contribution in [0.1, 0.15) is 44.4 Å². The highest BCUT2D eigenvalue weighted by molar-refractivity contribution is 6.30. The summed E-state index contributed by atoms with van der Waals surface area (Å²) in [6, 6.07) is 16.7. The molecule has 0 aliphatic carbocycles. The average Bonchev–Trinajstić information content (AvgIpc) is 2.81. The second-order valence-corrected chi connectivity index (χ2v) is 9.33. The third-order valence-electron chi connectivity index (χ3n) is 4.72. The summed E-state index contributed by atoms with van der Waals surface area (Å²) in [5.74, 6) is 0. The Morgan fingerprint density at radius 3 is 2.29 bits per heavy atom. The van der Waals surface area contributed by atoms with Crippen LogP contribution in [0.3, 0.4) is 0 Å². The highest BCUT2D eigenvalue weighted by Gasteiger charge is 2.20. The van der Waals surface area contributed by atoms with E-state index in [1.54, 1.807) is 12.1 Å². The van der Waals surface area contributed by atoms with Crippen LogP contribution in [0.5, 0.6) is 0 Å². The number of ether oxygens (including phenoxy) is 3. The van der Waals surface area contributed by atoms with E-state index in [0.717, 1.165) is 11.1 Å². The van der Waals surface area contributed by atoms with Gasteiger partial charge in [0, 0.05) is 18.1 Å². The molecule has 0 spiro atoms. The predicted molar refractivity (Wildman–Crippen MR) is 136 cm³/mol. The molecule has 0 radical (unpaired) electrons. The van der Waals surface area contributed by atoms with Crippen LogP contribution in [0.4, 0.5) is 9.59 Å². The molecule has 3 N–H and O–H groups in total. The van der Waals surface area contributed by atoms with Gasteiger partial charge in [0.2, 0.25) is 0 Å². The Morgan fingerprint density at radius 2 is 1.60 bits per heavy atom. The molecule has 0 saturated heterocycles. The first-order valence-corrected chi connectivity index (χ1v) is 12.1. The van der Waals surface area contributed by atoms with E-state index < -0.39 is 17.8 Å². The number of carbonyl (C=O) groups excluding carboxylic acids is 2. The summed E-state index contributed by atoms with van der Waals surface area (Å²) >= 11 is 6.00. The number of amides is 2. The number of carbonyl (C=O) groups is 2. The summed E-state index contributed by atoms with van der Waals surface area (Å²) in [6.45, 7) is 8.26. The Morgan fingerprint density at radius 1 is 0.914 bits per heavy atom. The van der Waals surface area contributed by atoms with Crippen LogP contribution in [-0.4, -0.2) is 50.6 Å². The van der Waals surface area contributed by atoms with Crippen LogP contribution < -0.4 is 16.0 Å². The van der Waals surface area contributed by atoms with Crippen molar-refractivity contribution in [2.45, 2.75) is 45.4 Å². The fraction of sp³-hybridized carbons (Fsp3) is 0.462. The normalized spacial score (nSPS) is 12.0. The van der Waals surface area contributed by atoms with Crippen molar-refractivity contribution in [1.82, 2.24) is 16.0 Å². The predicted octanol–water partition coefficient (Wildman–Crippen LogP) is 4.83. The average molecular weight is 506 g/mol. The van der Waals surface area contributed by atoms with Gasteiger partial charge in [-0.1, -0.05) is 54.1 Å². The zero-order valence-electron chi connectivity index (χ0n) is 20.6. The second kappa shape index (κ2) is 15.2. The van der Waals surface area contributed by atoms with Crippen LogP contribution in [0, 0.1) is 0 Å². The number of halogens is 1. The molecule has 0 aliphatic heterocycles. The van der Waals surface area contributed by atoms with Crippen molar-refractivity contribution < 1.29 is 23.8 Å². The first-order chi connectivity index (χ1) is 16.7. The van der Waals surface area contributed by atoms with Gasteiger partial charge in [-0.25, -0.2) is 9.59 Å². The van der Waals surface area contributed by atoms with Gasteiger partial charge in [0.25, 0.3) is 0 Å². The van der Waals surface area contributed by atoms with Crippen molar-refractivity contribution in [2.75, 3.05) is 32.8 Å². The van der Waals surface area contributed by atoms with Crippen LogP contribution >= 0.6 is 11.6 Å². The summed E-state index contributed by atoms with van der Waals surface area (Å²) in [6.07, 6.45) is -0.271. The third-order valence-corrected chi connectivity index (χ3v) is 4.98. The number of nitrogens with one attached hydrogen (secondary N) is 3. The Kier molecular flexibility index (Phi) is 12.4. The van der Waals surface area contributed by atoms with Crippen molar-refractivity contribution in [3.05, 3.63) is 70.7 Å². The van der Waals surface area contributed by atoms with Crippen LogP contribution in [0.25, 0.3) is 0 Å². The van der Waals surface area contributed by atoms with Crippen LogP contribution in [-0.2, 0) is 20.8 Å². The van der Waals surface area contributed by atoms with E-state index in [-0.39, 0.29) is 12.6 Å². The molecule has 0 fully saturated rings. The van der Waals surface area contributed by atoms with E-state index in [4.69, 9.17) is 25.8 Å². The lowest BCUT2D eigenvalue weighted by Gasteiger charge is -2.24. The fourth-order valence-corrected chi connectivity index (χ4v) is 3.21. The molecule has 35 heavy (non-hydrogen) atoms. The van der Waals surface area contributed by atoms with Gasteiger partial charge in [0.15, 0.2) is 0 Å². The van der Waals surface area contributed by atoms with Gasteiger partial charge in [0.1, 0.15) is 12.2 Å². The Balaban J connectivity index is 1.59. The van der Waals surface area contributed by atoms with Crippen molar-refractivity contribution in [3.63, 3.8) is 0 Å². The van der Waals surface area contributed by atoms with E-state index in [0.29, 0.717) is 44.3 Å². The first kappa shape index (κ1) is 28.4.